The summed E-state index contributed by atoms with van der Waals surface area (Å²) < 4.78 is 10.4. The minimum atomic E-state index is -0.340. The summed E-state index contributed by atoms with van der Waals surface area (Å²) >= 11 is 0. The molecule has 112 valence electrons. The molecule has 0 spiro atoms. The number of nitrogens with zero attached hydrogens (tertiary/aromatic N) is 1. The van der Waals surface area contributed by atoms with Gasteiger partial charge in [0.05, 0.1) is 36.4 Å². The highest BCUT2D eigenvalue weighted by Gasteiger charge is 2.14. The Morgan fingerprint density at radius 3 is 2.76 bits per heavy atom. The number of nitrogen functional groups attached to an aromatic ring is 1. The molecule has 2 aromatic rings. The van der Waals surface area contributed by atoms with Gasteiger partial charge in [-0.25, -0.2) is 4.79 Å². The monoisotopic (exact) mass is 288 g/mol. The number of carbonyl (C=O) groups excluding carboxylic acids is 1. The van der Waals surface area contributed by atoms with Crippen molar-refractivity contribution in [2.75, 3.05) is 23.8 Å². The van der Waals surface area contributed by atoms with Crippen LogP contribution in [-0.2, 0) is 11.3 Å². The van der Waals surface area contributed by atoms with E-state index in [0.717, 1.165) is 18.0 Å². The van der Waals surface area contributed by atoms with Crippen LogP contribution in [-0.4, -0.2) is 19.1 Å². The third-order valence-corrected chi connectivity index (χ3v) is 3.19. The van der Waals surface area contributed by atoms with Gasteiger partial charge in [0.15, 0.2) is 0 Å². The Balaban J connectivity index is 2.27. The van der Waals surface area contributed by atoms with Crippen molar-refractivity contribution in [1.29, 1.82) is 0 Å². The fourth-order valence-corrected chi connectivity index (χ4v) is 2.12. The molecule has 5 nitrogen and oxygen atoms in total. The first kappa shape index (κ1) is 15.0. The Kier molecular flexibility index (Phi) is 4.87. The number of hydrogen-bond donors (Lipinski definition) is 1. The largest absolute Gasteiger partial charge is 0.467 e. The summed E-state index contributed by atoms with van der Waals surface area (Å²) in [4.78, 5) is 13.9. The lowest BCUT2D eigenvalue weighted by atomic mass is 10.1. The van der Waals surface area contributed by atoms with E-state index >= 15 is 0 Å². The molecule has 2 N–H and O–H groups in total. The number of anilines is 2. The van der Waals surface area contributed by atoms with Crippen molar-refractivity contribution >= 4 is 17.3 Å². The van der Waals surface area contributed by atoms with Crippen molar-refractivity contribution in [2.45, 2.75) is 20.4 Å². The van der Waals surface area contributed by atoms with Crippen molar-refractivity contribution in [3.63, 3.8) is 0 Å². The summed E-state index contributed by atoms with van der Waals surface area (Å²) in [6.45, 7) is 5.50. The number of benzene rings is 1. The van der Waals surface area contributed by atoms with Crippen LogP contribution >= 0.6 is 0 Å². The summed E-state index contributed by atoms with van der Waals surface area (Å²) in [6.07, 6.45) is 1.64. The quantitative estimate of drug-likeness (QED) is 0.653. The lowest BCUT2D eigenvalue weighted by Gasteiger charge is -2.24. The minimum absolute atomic E-state index is 0.340. The molecule has 0 saturated heterocycles. The van der Waals surface area contributed by atoms with E-state index in [0.29, 0.717) is 24.4 Å². The number of hydrogen-bond acceptors (Lipinski definition) is 5. The maximum atomic E-state index is 11.8. The molecule has 1 aromatic carbocycles. The predicted octanol–water partition coefficient (Wildman–Crippen LogP) is 3.07. The Labute approximate surface area is 124 Å². The van der Waals surface area contributed by atoms with Gasteiger partial charge in [0, 0.05) is 6.54 Å². The Hall–Kier alpha value is -2.43. The van der Waals surface area contributed by atoms with Gasteiger partial charge in [-0.2, -0.15) is 0 Å². The van der Waals surface area contributed by atoms with Gasteiger partial charge in [-0.05, 0) is 44.2 Å². The zero-order chi connectivity index (χ0) is 15.2. The molecule has 0 saturated carbocycles. The zero-order valence-electron chi connectivity index (χ0n) is 12.3. The number of nitrogens with two attached hydrogens (primary N) is 1. The molecular formula is C16H20N2O3. The molecule has 0 aliphatic rings. The summed E-state index contributed by atoms with van der Waals surface area (Å²) in [6, 6.07) is 8.93. The first-order chi connectivity index (χ1) is 10.2. The SMILES string of the molecule is CCOC(=O)c1ccc(N)c(N(CC)Cc2ccco2)c1. The molecule has 0 aliphatic heterocycles. The van der Waals surface area contributed by atoms with Gasteiger partial charge in [-0.15, -0.1) is 0 Å². The van der Waals surface area contributed by atoms with Crippen molar-refractivity contribution in [2.24, 2.45) is 0 Å². The van der Waals surface area contributed by atoms with Crippen LogP contribution in [0.15, 0.2) is 41.0 Å². The molecule has 0 amide bonds. The smallest absolute Gasteiger partial charge is 0.338 e. The Morgan fingerprint density at radius 2 is 2.14 bits per heavy atom. The second kappa shape index (κ2) is 6.83. The van der Waals surface area contributed by atoms with Gasteiger partial charge >= 0.3 is 5.97 Å². The molecule has 0 bridgehead atoms. The average Bonchev–Trinajstić information content (AvgIpc) is 2.99. The lowest BCUT2D eigenvalue weighted by molar-refractivity contribution is 0.0526. The summed E-state index contributed by atoms with van der Waals surface area (Å²) in [5.41, 5.74) is 7.97. The number of rotatable bonds is 6. The first-order valence-electron chi connectivity index (χ1n) is 6.99. The van der Waals surface area contributed by atoms with Crippen molar-refractivity contribution < 1.29 is 13.9 Å². The number of esters is 1. The van der Waals surface area contributed by atoms with E-state index in [9.17, 15) is 4.79 Å². The van der Waals surface area contributed by atoms with Crippen LogP contribution in [0.4, 0.5) is 11.4 Å². The second-order valence-corrected chi connectivity index (χ2v) is 4.59. The molecule has 5 heteroatoms. The molecule has 0 fully saturated rings. The molecule has 0 aliphatic carbocycles. The van der Waals surface area contributed by atoms with E-state index in [1.54, 1.807) is 31.4 Å². The van der Waals surface area contributed by atoms with E-state index < -0.39 is 0 Å². The van der Waals surface area contributed by atoms with Crippen molar-refractivity contribution in [3.8, 4) is 0 Å². The van der Waals surface area contributed by atoms with Gasteiger partial charge in [0.25, 0.3) is 0 Å². The number of furan rings is 1. The maximum absolute atomic E-state index is 11.8. The predicted molar refractivity (Wildman–Crippen MR) is 82.2 cm³/mol. The molecule has 1 aromatic heterocycles. The van der Waals surface area contributed by atoms with Gasteiger partial charge in [-0.3, -0.25) is 0 Å². The van der Waals surface area contributed by atoms with Crippen molar-refractivity contribution in [3.05, 3.63) is 47.9 Å². The summed E-state index contributed by atoms with van der Waals surface area (Å²) in [5, 5.41) is 0. The van der Waals surface area contributed by atoms with E-state index in [-0.39, 0.29) is 5.97 Å². The van der Waals surface area contributed by atoms with Crippen LogP contribution in [0, 0.1) is 0 Å². The van der Waals surface area contributed by atoms with E-state index in [1.807, 2.05) is 19.1 Å². The standard InChI is InChI=1S/C16H20N2O3/c1-3-18(11-13-6-5-9-21-13)15-10-12(7-8-14(15)17)16(19)20-4-2/h5-10H,3-4,11,17H2,1-2H3. The van der Waals surface area contributed by atoms with Crippen LogP contribution in [0.25, 0.3) is 0 Å². The molecule has 1 heterocycles. The van der Waals surface area contributed by atoms with Crippen LogP contribution in [0.1, 0.15) is 30.0 Å². The topological polar surface area (TPSA) is 68.7 Å². The van der Waals surface area contributed by atoms with Crippen LogP contribution in [0.5, 0.6) is 0 Å². The van der Waals surface area contributed by atoms with Gasteiger partial charge in [-0.1, -0.05) is 0 Å². The number of carbonyl (C=O) groups is 1. The van der Waals surface area contributed by atoms with Crippen LogP contribution in [0.2, 0.25) is 0 Å². The fraction of sp³-hybridized carbons (Fsp3) is 0.312. The number of ether oxygens (including phenoxy) is 1. The van der Waals surface area contributed by atoms with Gasteiger partial charge in [0.2, 0.25) is 0 Å². The minimum Gasteiger partial charge on any atom is -0.467 e. The van der Waals surface area contributed by atoms with Gasteiger partial charge in [0.1, 0.15) is 5.76 Å². The highest BCUT2D eigenvalue weighted by molar-refractivity contribution is 5.92. The third kappa shape index (κ3) is 3.56. The molecule has 0 radical (unpaired) electrons. The molecule has 21 heavy (non-hydrogen) atoms. The lowest BCUT2D eigenvalue weighted by Crippen LogP contribution is -2.23. The summed E-state index contributed by atoms with van der Waals surface area (Å²) in [7, 11) is 0. The summed E-state index contributed by atoms with van der Waals surface area (Å²) in [5.74, 6) is 0.505. The van der Waals surface area contributed by atoms with Gasteiger partial charge < -0.3 is 19.8 Å². The molecule has 2 rings (SSSR count). The fourth-order valence-electron chi connectivity index (χ4n) is 2.12. The molecule has 0 unspecified atom stereocenters. The average molecular weight is 288 g/mol. The highest BCUT2D eigenvalue weighted by atomic mass is 16.5. The maximum Gasteiger partial charge on any atom is 0.338 e. The third-order valence-electron chi connectivity index (χ3n) is 3.19. The zero-order valence-corrected chi connectivity index (χ0v) is 12.3. The highest BCUT2D eigenvalue weighted by Crippen LogP contribution is 2.26. The van der Waals surface area contributed by atoms with Crippen LogP contribution in [0.3, 0.4) is 0 Å². The first-order valence-corrected chi connectivity index (χ1v) is 6.99. The Morgan fingerprint density at radius 1 is 1.33 bits per heavy atom. The van der Waals surface area contributed by atoms with Crippen molar-refractivity contribution in [1.82, 2.24) is 0 Å². The normalized spacial score (nSPS) is 10.4. The van der Waals surface area contributed by atoms with Crippen LogP contribution < -0.4 is 10.6 Å². The van der Waals surface area contributed by atoms with E-state index in [2.05, 4.69) is 4.90 Å². The van der Waals surface area contributed by atoms with E-state index in [1.165, 1.54) is 0 Å². The van der Waals surface area contributed by atoms with E-state index in [4.69, 9.17) is 14.9 Å². The second-order valence-electron chi connectivity index (χ2n) is 4.59. The molecule has 0 atom stereocenters. The molecular weight excluding hydrogens is 268 g/mol. The Bertz CT molecular complexity index is 594.